The van der Waals surface area contributed by atoms with E-state index in [1.54, 1.807) is 0 Å². The lowest BCUT2D eigenvalue weighted by atomic mass is 9.92. The summed E-state index contributed by atoms with van der Waals surface area (Å²) in [6, 6.07) is 2.17. The zero-order valence-corrected chi connectivity index (χ0v) is 13.0. The average Bonchev–Trinajstić information content (AvgIpc) is 3.24. The van der Waals surface area contributed by atoms with Crippen LogP contribution in [0, 0.1) is 5.92 Å². The lowest BCUT2D eigenvalue weighted by Gasteiger charge is -2.28. The number of aliphatic imine (C=N–C) groups is 1. The smallest absolute Gasteiger partial charge is 0.202 e. The highest BCUT2D eigenvalue weighted by atomic mass is 16.7. The highest BCUT2D eigenvalue weighted by Gasteiger charge is 2.45. The molecule has 1 aliphatic heterocycles. The van der Waals surface area contributed by atoms with E-state index in [0.29, 0.717) is 12.5 Å². The highest BCUT2D eigenvalue weighted by Crippen LogP contribution is 2.38. The molecule has 0 bridgehead atoms. The van der Waals surface area contributed by atoms with E-state index in [9.17, 15) is 0 Å². The van der Waals surface area contributed by atoms with Crippen LogP contribution in [0.15, 0.2) is 17.3 Å². The quantitative estimate of drug-likeness (QED) is 0.896. The molecule has 5 heteroatoms. The summed E-state index contributed by atoms with van der Waals surface area (Å²) in [5.41, 5.74) is 12.1. The van der Waals surface area contributed by atoms with Crippen LogP contribution in [-0.4, -0.2) is 23.1 Å². The molecule has 0 aromatic carbocycles. The average molecular weight is 300 g/mol. The molecule has 3 aliphatic rings. The van der Waals surface area contributed by atoms with E-state index in [1.165, 1.54) is 36.8 Å². The third-order valence-corrected chi connectivity index (χ3v) is 5.38. The Morgan fingerprint density at radius 3 is 2.73 bits per heavy atom. The first kappa shape index (κ1) is 14.2. The fourth-order valence-electron chi connectivity index (χ4n) is 4.03. The van der Waals surface area contributed by atoms with Crippen LogP contribution in [0.5, 0.6) is 0 Å². The van der Waals surface area contributed by atoms with Gasteiger partial charge in [-0.25, -0.2) is 15.3 Å². The van der Waals surface area contributed by atoms with Crippen LogP contribution < -0.4 is 11.2 Å². The Balaban J connectivity index is 1.63. The first-order valence-electron chi connectivity index (χ1n) is 8.53. The lowest BCUT2D eigenvalue weighted by molar-refractivity contribution is -0.0851. The van der Waals surface area contributed by atoms with Crippen LogP contribution in [0.4, 0.5) is 0 Å². The number of amidine groups is 1. The van der Waals surface area contributed by atoms with E-state index in [-0.39, 0.29) is 0 Å². The molecule has 118 valence electrons. The highest BCUT2D eigenvalue weighted by molar-refractivity contribution is 5.97. The number of hydroxylamine groups is 1. The zero-order chi connectivity index (χ0) is 15.0. The largest absolute Gasteiger partial charge is 0.326 e. The van der Waals surface area contributed by atoms with Gasteiger partial charge < -0.3 is 5.73 Å². The minimum absolute atomic E-state index is 0.416. The molecule has 0 radical (unpaired) electrons. The van der Waals surface area contributed by atoms with Crippen molar-refractivity contribution in [1.29, 1.82) is 0 Å². The molecule has 0 saturated heterocycles. The van der Waals surface area contributed by atoms with Crippen molar-refractivity contribution in [2.24, 2.45) is 16.6 Å². The van der Waals surface area contributed by atoms with Crippen molar-refractivity contribution in [2.75, 3.05) is 6.54 Å². The summed E-state index contributed by atoms with van der Waals surface area (Å²) >= 11 is 0. The second-order valence-electron chi connectivity index (χ2n) is 6.74. The molecule has 1 unspecified atom stereocenters. The van der Waals surface area contributed by atoms with Crippen LogP contribution in [-0.2, 0) is 17.7 Å². The van der Waals surface area contributed by atoms with Gasteiger partial charge in [-0.3, -0.25) is 4.98 Å². The molecule has 1 atom stereocenters. The number of fused-ring (bicyclic) bond motifs is 1. The van der Waals surface area contributed by atoms with E-state index < -0.39 is 5.72 Å². The van der Waals surface area contributed by atoms with Crippen molar-refractivity contribution in [3.05, 3.63) is 29.1 Å². The summed E-state index contributed by atoms with van der Waals surface area (Å²) in [6.45, 7) is 0.416. The van der Waals surface area contributed by atoms with Crippen LogP contribution in [0.25, 0.3) is 0 Å². The topological polar surface area (TPSA) is 72.5 Å². The summed E-state index contributed by atoms with van der Waals surface area (Å²) in [4.78, 5) is 15.3. The summed E-state index contributed by atoms with van der Waals surface area (Å²) in [7, 11) is 0. The normalized spacial score (nSPS) is 28.3. The number of pyridine rings is 1. The van der Waals surface area contributed by atoms with Crippen LogP contribution in [0.2, 0.25) is 0 Å². The molecule has 22 heavy (non-hydrogen) atoms. The van der Waals surface area contributed by atoms with Gasteiger partial charge in [0.25, 0.3) is 0 Å². The van der Waals surface area contributed by atoms with Gasteiger partial charge in [-0.1, -0.05) is 12.8 Å². The first-order chi connectivity index (χ1) is 10.8. The van der Waals surface area contributed by atoms with Gasteiger partial charge in [0.15, 0.2) is 5.84 Å². The first-order valence-corrected chi connectivity index (χ1v) is 8.53. The SMILES string of the molecule is NCC1(C2CCCC2)N=C(c2cc3c(cn2)CCCC3)NO1. The number of nitrogens with zero attached hydrogens (tertiary/aromatic N) is 2. The molecular weight excluding hydrogens is 276 g/mol. The number of aryl methyl sites for hydroxylation is 2. The van der Waals surface area contributed by atoms with E-state index in [0.717, 1.165) is 37.2 Å². The molecular formula is C17H24N4O. The van der Waals surface area contributed by atoms with Gasteiger partial charge in [0, 0.05) is 18.7 Å². The summed E-state index contributed by atoms with van der Waals surface area (Å²) in [6.07, 6.45) is 11.6. The van der Waals surface area contributed by atoms with Gasteiger partial charge in [-0.15, -0.1) is 0 Å². The number of nitrogens with two attached hydrogens (primary N) is 1. The molecule has 3 N–H and O–H groups in total. The Bertz CT molecular complexity index is 594. The predicted octanol–water partition coefficient (Wildman–Crippen LogP) is 2.09. The molecule has 0 spiro atoms. The molecule has 5 nitrogen and oxygen atoms in total. The second kappa shape index (κ2) is 5.63. The number of nitrogens with one attached hydrogen (secondary N) is 1. The van der Waals surface area contributed by atoms with E-state index in [4.69, 9.17) is 15.6 Å². The third kappa shape index (κ3) is 2.32. The number of hydrogen-bond donors (Lipinski definition) is 2. The van der Waals surface area contributed by atoms with E-state index in [2.05, 4.69) is 16.5 Å². The molecule has 2 heterocycles. The summed E-state index contributed by atoms with van der Waals surface area (Å²) in [5, 5.41) is 0. The Hall–Kier alpha value is -1.46. The lowest BCUT2D eigenvalue weighted by Crippen LogP contribution is -2.44. The monoisotopic (exact) mass is 300 g/mol. The van der Waals surface area contributed by atoms with Gasteiger partial charge in [0.1, 0.15) is 5.69 Å². The Morgan fingerprint density at radius 2 is 1.95 bits per heavy atom. The minimum atomic E-state index is -0.594. The second-order valence-corrected chi connectivity index (χ2v) is 6.74. The molecule has 1 saturated carbocycles. The zero-order valence-electron chi connectivity index (χ0n) is 13.0. The number of rotatable bonds is 3. The predicted molar refractivity (Wildman–Crippen MR) is 85.4 cm³/mol. The Morgan fingerprint density at radius 1 is 1.18 bits per heavy atom. The van der Waals surface area contributed by atoms with Gasteiger partial charge in [-0.2, -0.15) is 0 Å². The maximum Gasteiger partial charge on any atom is 0.202 e. The standard InChI is InChI=1S/C17H24N4O/c18-11-17(14-7-3-4-8-14)20-16(21-22-17)15-9-12-5-1-2-6-13(12)10-19-15/h9-10,14H,1-8,11,18H2,(H,20,21). The van der Waals surface area contributed by atoms with Crippen molar-refractivity contribution in [3.8, 4) is 0 Å². The van der Waals surface area contributed by atoms with Crippen molar-refractivity contribution in [2.45, 2.75) is 57.1 Å². The van der Waals surface area contributed by atoms with Gasteiger partial charge in [0.2, 0.25) is 5.72 Å². The van der Waals surface area contributed by atoms with E-state index in [1.807, 2.05) is 6.20 Å². The molecule has 1 aromatic rings. The molecule has 2 aliphatic carbocycles. The molecule has 1 fully saturated rings. The summed E-state index contributed by atoms with van der Waals surface area (Å²) < 4.78 is 0. The van der Waals surface area contributed by atoms with Gasteiger partial charge in [0.05, 0.1) is 0 Å². The van der Waals surface area contributed by atoms with Crippen molar-refractivity contribution < 1.29 is 4.84 Å². The number of hydrogen-bond acceptors (Lipinski definition) is 5. The van der Waals surface area contributed by atoms with Crippen molar-refractivity contribution in [1.82, 2.24) is 10.5 Å². The Kier molecular flexibility index (Phi) is 3.62. The fourth-order valence-corrected chi connectivity index (χ4v) is 4.03. The van der Waals surface area contributed by atoms with Crippen molar-refractivity contribution >= 4 is 5.84 Å². The number of aromatic nitrogens is 1. The van der Waals surface area contributed by atoms with Crippen LogP contribution in [0.1, 0.15) is 55.3 Å². The van der Waals surface area contributed by atoms with Gasteiger partial charge >= 0.3 is 0 Å². The third-order valence-electron chi connectivity index (χ3n) is 5.38. The molecule has 4 rings (SSSR count). The molecule has 1 aromatic heterocycles. The van der Waals surface area contributed by atoms with Gasteiger partial charge in [-0.05, 0) is 55.7 Å². The molecule has 0 amide bonds. The fraction of sp³-hybridized carbons (Fsp3) is 0.647. The minimum Gasteiger partial charge on any atom is -0.326 e. The maximum absolute atomic E-state index is 6.01. The van der Waals surface area contributed by atoms with Crippen LogP contribution >= 0.6 is 0 Å². The van der Waals surface area contributed by atoms with Crippen LogP contribution in [0.3, 0.4) is 0 Å². The van der Waals surface area contributed by atoms with E-state index >= 15 is 0 Å². The maximum atomic E-state index is 6.01. The Labute approximate surface area is 131 Å². The van der Waals surface area contributed by atoms with Crippen molar-refractivity contribution in [3.63, 3.8) is 0 Å². The summed E-state index contributed by atoms with van der Waals surface area (Å²) in [5.74, 6) is 1.16.